The van der Waals surface area contributed by atoms with E-state index in [2.05, 4.69) is 27.2 Å². The smallest absolute Gasteiger partial charge is 0.277 e. The lowest BCUT2D eigenvalue weighted by atomic mass is 10.2. The molecule has 0 aliphatic heterocycles. The predicted molar refractivity (Wildman–Crippen MR) is 69.4 cm³/mol. The van der Waals surface area contributed by atoms with Gasteiger partial charge in [0.25, 0.3) is 5.91 Å². The number of carbonyl (C=O) groups is 1. The number of hydrogen-bond acceptors (Lipinski definition) is 4. The normalized spacial score (nSPS) is 9.58. The molecule has 0 atom stereocenters. The van der Waals surface area contributed by atoms with Gasteiger partial charge in [-0.1, -0.05) is 11.8 Å². The minimum Gasteiger partial charge on any atom is -0.384 e. The molecule has 6 heteroatoms. The summed E-state index contributed by atoms with van der Waals surface area (Å²) in [7, 11) is 1.74. The Bertz CT molecular complexity index is 652. The van der Waals surface area contributed by atoms with Crippen molar-refractivity contribution in [1.29, 1.82) is 0 Å². The lowest BCUT2D eigenvalue weighted by molar-refractivity contribution is 0.102. The van der Waals surface area contributed by atoms with Crippen molar-refractivity contribution in [3.05, 3.63) is 41.9 Å². The summed E-state index contributed by atoms with van der Waals surface area (Å²) in [4.78, 5) is 15.9. The third-order valence-electron chi connectivity index (χ3n) is 2.26. The molecule has 19 heavy (non-hydrogen) atoms. The highest BCUT2D eigenvalue weighted by atomic mass is 16.2. The van der Waals surface area contributed by atoms with Crippen molar-refractivity contribution < 1.29 is 9.90 Å². The molecule has 0 spiro atoms. The van der Waals surface area contributed by atoms with Gasteiger partial charge >= 0.3 is 0 Å². The quantitative estimate of drug-likeness (QED) is 0.763. The minimum absolute atomic E-state index is 0.210. The first-order valence-corrected chi connectivity index (χ1v) is 5.56. The number of nitrogens with zero attached hydrogens (tertiary/aromatic N) is 3. The molecule has 1 amide bonds. The van der Waals surface area contributed by atoms with E-state index in [0.29, 0.717) is 17.1 Å². The van der Waals surface area contributed by atoms with Crippen LogP contribution in [0, 0.1) is 11.8 Å². The number of hydrogen-bond donors (Lipinski definition) is 2. The number of rotatable bonds is 2. The van der Waals surface area contributed by atoms with Gasteiger partial charge in [-0.2, -0.15) is 5.10 Å². The summed E-state index contributed by atoms with van der Waals surface area (Å²) in [5.41, 5.74) is 0.983. The zero-order chi connectivity index (χ0) is 13.7. The second-order valence-electron chi connectivity index (χ2n) is 3.72. The lowest BCUT2D eigenvalue weighted by Gasteiger charge is -2.02. The molecule has 0 aliphatic carbocycles. The van der Waals surface area contributed by atoms with Crippen LogP contribution in [0.4, 0.5) is 5.82 Å². The number of aliphatic hydroxyl groups excluding tert-OH is 1. The highest BCUT2D eigenvalue weighted by Gasteiger charge is 2.09. The first kappa shape index (κ1) is 12.8. The Balaban J connectivity index is 2.13. The number of pyridine rings is 1. The molecule has 96 valence electrons. The summed E-state index contributed by atoms with van der Waals surface area (Å²) >= 11 is 0. The van der Waals surface area contributed by atoms with Gasteiger partial charge in [-0.05, 0) is 18.2 Å². The molecule has 2 heterocycles. The molecular weight excluding hydrogens is 244 g/mol. The number of aliphatic hydroxyl groups is 1. The summed E-state index contributed by atoms with van der Waals surface area (Å²) in [6, 6.07) is 4.94. The second kappa shape index (κ2) is 5.80. The van der Waals surface area contributed by atoms with Crippen LogP contribution in [0.1, 0.15) is 16.1 Å². The average molecular weight is 256 g/mol. The topological polar surface area (TPSA) is 80.0 Å². The van der Waals surface area contributed by atoms with E-state index in [1.165, 1.54) is 6.20 Å². The molecule has 0 fully saturated rings. The largest absolute Gasteiger partial charge is 0.384 e. The van der Waals surface area contributed by atoms with Gasteiger partial charge < -0.3 is 10.4 Å². The van der Waals surface area contributed by atoms with Gasteiger partial charge in [0.1, 0.15) is 12.4 Å². The van der Waals surface area contributed by atoms with Gasteiger partial charge in [-0.25, -0.2) is 4.98 Å². The molecule has 0 bridgehead atoms. The maximum absolute atomic E-state index is 11.8. The fourth-order valence-electron chi connectivity index (χ4n) is 1.43. The Labute approximate surface area is 110 Å². The van der Waals surface area contributed by atoms with Crippen LogP contribution in [0.3, 0.4) is 0 Å². The molecule has 2 aromatic rings. The molecule has 0 saturated heterocycles. The van der Waals surface area contributed by atoms with E-state index >= 15 is 0 Å². The van der Waals surface area contributed by atoms with Gasteiger partial charge in [0.05, 0.1) is 0 Å². The molecular formula is C13H12N4O2. The number of aromatic nitrogens is 3. The van der Waals surface area contributed by atoms with Crippen LogP contribution >= 0.6 is 0 Å². The van der Waals surface area contributed by atoms with Crippen molar-refractivity contribution in [2.45, 2.75) is 0 Å². The molecule has 2 aromatic heterocycles. The van der Waals surface area contributed by atoms with Crippen molar-refractivity contribution in [3.8, 4) is 11.8 Å². The summed E-state index contributed by atoms with van der Waals surface area (Å²) in [6.45, 7) is -0.210. The Hall–Kier alpha value is -2.65. The second-order valence-corrected chi connectivity index (χ2v) is 3.72. The molecule has 6 nitrogen and oxygen atoms in total. The van der Waals surface area contributed by atoms with E-state index in [4.69, 9.17) is 5.11 Å². The average Bonchev–Trinajstić information content (AvgIpc) is 2.83. The molecule has 2 N–H and O–H groups in total. The van der Waals surface area contributed by atoms with E-state index in [-0.39, 0.29) is 12.5 Å². The number of nitrogens with one attached hydrogen (secondary N) is 1. The highest BCUT2D eigenvalue weighted by molar-refractivity contribution is 6.02. The van der Waals surface area contributed by atoms with E-state index in [1.54, 1.807) is 36.1 Å². The summed E-state index contributed by atoms with van der Waals surface area (Å²) in [5, 5.41) is 15.3. The molecule has 0 aliphatic rings. The van der Waals surface area contributed by atoms with Crippen LogP contribution in [0.5, 0.6) is 0 Å². The van der Waals surface area contributed by atoms with Crippen LogP contribution in [-0.2, 0) is 7.05 Å². The zero-order valence-corrected chi connectivity index (χ0v) is 10.3. The van der Waals surface area contributed by atoms with Crippen LogP contribution in [0.25, 0.3) is 0 Å². The van der Waals surface area contributed by atoms with Gasteiger partial charge in [0, 0.05) is 25.0 Å². The first-order valence-electron chi connectivity index (χ1n) is 5.56. The monoisotopic (exact) mass is 256 g/mol. The van der Waals surface area contributed by atoms with Crippen molar-refractivity contribution in [3.63, 3.8) is 0 Å². The number of aryl methyl sites for hydroxylation is 1. The fraction of sp³-hybridized carbons (Fsp3) is 0.154. The highest BCUT2D eigenvalue weighted by Crippen LogP contribution is 2.07. The Morgan fingerprint density at radius 2 is 2.37 bits per heavy atom. The van der Waals surface area contributed by atoms with Crippen molar-refractivity contribution in [2.75, 3.05) is 11.9 Å². The standard InChI is InChI=1S/C13H12N4O2/c1-17-7-5-11(16-17)13(19)15-12-9-10(3-2-8-18)4-6-14-12/h4-7,9,18H,8H2,1H3,(H,14,15,19). The van der Waals surface area contributed by atoms with Gasteiger partial charge in [-0.15, -0.1) is 0 Å². The molecule has 0 unspecified atom stereocenters. The van der Waals surface area contributed by atoms with Crippen LogP contribution in [0.15, 0.2) is 30.6 Å². The van der Waals surface area contributed by atoms with Crippen molar-refractivity contribution >= 4 is 11.7 Å². The van der Waals surface area contributed by atoms with E-state index in [0.717, 1.165) is 0 Å². The first-order chi connectivity index (χ1) is 9.19. The Kier molecular flexibility index (Phi) is 3.90. The molecule has 0 aromatic carbocycles. The predicted octanol–water partition coefficient (Wildman–Crippen LogP) is 0.411. The van der Waals surface area contributed by atoms with Crippen molar-refractivity contribution in [1.82, 2.24) is 14.8 Å². The minimum atomic E-state index is -0.333. The Morgan fingerprint density at radius 1 is 1.53 bits per heavy atom. The van der Waals surface area contributed by atoms with E-state index in [9.17, 15) is 4.79 Å². The summed E-state index contributed by atoms with van der Waals surface area (Å²) in [6.07, 6.45) is 3.22. The number of amides is 1. The molecule has 0 radical (unpaired) electrons. The number of carbonyl (C=O) groups excluding carboxylic acids is 1. The van der Waals surface area contributed by atoms with Gasteiger partial charge in [0.15, 0.2) is 5.69 Å². The summed E-state index contributed by atoms with van der Waals surface area (Å²) in [5.74, 6) is 5.33. The van der Waals surface area contributed by atoms with Crippen molar-refractivity contribution in [2.24, 2.45) is 7.05 Å². The fourth-order valence-corrected chi connectivity index (χ4v) is 1.43. The maximum Gasteiger partial charge on any atom is 0.277 e. The molecule has 0 saturated carbocycles. The zero-order valence-electron chi connectivity index (χ0n) is 10.3. The lowest BCUT2D eigenvalue weighted by Crippen LogP contribution is -2.14. The van der Waals surface area contributed by atoms with E-state index < -0.39 is 0 Å². The van der Waals surface area contributed by atoms with Gasteiger partial charge in [-0.3, -0.25) is 9.48 Å². The van der Waals surface area contributed by atoms with E-state index in [1.807, 2.05) is 0 Å². The number of anilines is 1. The molecule has 2 rings (SSSR count). The third kappa shape index (κ3) is 3.40. The van der Waals surface area contributed by atoms with Gasteiger partial charge in [0.2, 0.25) is 0 Å². The Morgan fingerprint density at radius 3 is 3.05 bits per heavy atom. The van der Waals surface area contributed by atoms with Crippen LogP contribution in [-0.4, -0.2) is 32.4 Å². The van der Waals surface area contributed by atoms with Crippen LogP contribution < -0.4 is 5.32 Å². The third-order valence-corrected chi connectivity index (χ3v) is 2.26. The SMILES string of the molecule is Cn1ccc(C(=O)Nc2cc(C#CCO)ccn2)n1. The summed E-state index contributed by atoms with van der Waals surface area (Å²) < 4.78 is 1.55. The maximum atomic E-state index is 11.8. The van der Waals surface area contributed by atoms with Crippen LogP contribution in [0.2, 0.25) is 0 Å².